The van der Waals surface area contributed by atoms with Crippen LogP contribution in [0.4, 0.5) is 8.78 Å². The molecule has 2 aromatic carbocycles. The first-order chi connectivity index (χ1) is 12.5. The lowest BCUT2D eigenvalue weighted by Gasteiger charge is -2.32. The molecule has 0 saturated carbocycles. The van der Waals surface area contributed by atoms with E-state index in [4.69, 9.17) is 23.2 Å². The zero-order chi connectivity index (χ0) is 20.7. The summed E-state index contributed by atoms with van der Waals surface area (Å²) >= 11 is 11.2. The largest absolute Gasteiger partial charge is 0.384 e. The highest BCUT2D eigenvalue weighted by molar-refractivity contribution is 6.76. The van der Waals surface area contributed by atoms with Crippen LogP contribution in [0.5, 0.6) is 0 Å². The van der Waals surface area contributed by atoms with Crippen molar-refractivity contribution in [3.63, 3.8) is 0 Å². The van der Waals surface area contributed by atoms with Crippen molar-refractivity contribution in [1.82, 2.24) is 0 Å². The van der Waals surface area contributed by atoms with Crippen LogP contribution in [-0.2, 0) is 5.60 Å². The number of carbonyl (C=O) groups excluding carboxylic acids is 1. The highest BCUT2D eigenvalue weighted by atomic mass is 35.5. The number of Topliss-reactive ketones (excluding diaryl/α,β-unsaturated/α-hetero) is 1. The Hall–Kier alpha value is -1.27. The Balaban J connectivity index is 0.000000289. The van der Waals surface area contributed by atoms with Crippen molar-refractivity contribution in [3.05, 3.63) is 71.3 Å². The van der Waals surface area contributed by atoms with Gasteiger partial charge in [-0.15, -0.1) is 23.2 Å². The second-order valence-corrected chi connectivity index (χ2v) is 13.5. The zero-order valence-corrected chi connectivity index (χ0v) is 18.1. The summed E-state index contributed by atoms with van der Waals surface area (Å²) in [5, 5.41) is 10.5. The number of ketones is 1. The summed E-state index contributed by atoms with van der Waals surface area (Å²) in [6.07, 6.45) is 0. The zero-order valence-electron chi connectivity index (χ0n) is 15.6. The molecule has 1 N–H and O–H groups in total. The summed E-state index contributed by atoms with van der Waals surface area (Å²) in [5.41, 5.74) is 0.118. The lowest BCUT2D eigenvalue weighted by atomic mass is 9.98. The van der Waals surface area contributed by atoms with Crippen LogP contribution in [0.1, 0.15) is 15.9 Å². The van der Waals surface area contributed by atoms with Crippen LogP contribution in [0, 0.1) is 11.6 Å². The summed E-state index contributed by atoms with van der Waals surface area (Å²) in [7, 11) is -1.44. The minimum Gasteiger partial charge on any atom is -0.384 e. The fourth-order valence-electron chi connectivity index (χ4n) is 2.58. The average Bonchev–Trinajstić information content (AvgIpc) is 2.61. The Labute approximate surface area is 170 Å². The monoisotopic (exact) mass is 432 g/mol. The molecule has 27 heavy (non-hydrogen) atoms. The van der Waals surface area contributed by atoms with Gasteiger partial charge in [0.05, 0.1) is 11.8 Å². The molecule has 0 spiro atoms. The van der Waals surface area contributed by atoms with Crippen molar-refractivity contribution < 1.29 is 18.7 Å². The lowest BCUT2D eigenvalue weighted by molar-refractivity contribution is 0.0807. The van der Waals surface area contributed by atoms with Crippen molar-refractivity contribution in [1.29, 1.82) is 0 Å². The number of rotatable bonds is 6. The molecule has 0 bridgehead atoms. The molecule has 2 rings (SSSR count). The van der Waals surface area contributed by atoms with Gasteiger partial charge in [-0.2, -0.15) is 0 Å². The molecule has 1 atom stereocenters. The topological polar surface area (TPSA) is 37.3 Å². The maximum Gasteiger partial charge on any atom is 0.177 e. The maximum absolute atomic E-state index is 12.8. The molecule has 7 heteroatoms. The van der Waals surface area contributed by atoms with E-state index in [9.17, 15) is 18.7 Å². The standard InChI is InChI=1S/C12H18ClFOSi.C8H6ClFO/c1-16(2,3)9-12(15,8-13)10-4-6-11(14)7-5-10;9-5-8(11)6-1-3-7(10)4-2-6/h4-7,15H,8-9H2,1-3H3;1-4H,5H2. The van der Waals surface area contributed by atoms with E-state index in [1.807, 2.05) is 0 Å². The summed E-state index contributed by atoms with van der Waals surface area (Å²) < 4.78 is 25.1. The molecule has 0 saturated heterocycles. The summed E-state index contributed by atoms with van der Waals surface area (Å²) in [5.74, 6) is -0.759. The van der Waals surface area contributed by atoms with Crippen molar-refractivity contribution in [2.75, 3.05) is 11.8 Å². The molecule has 0 heterocycles. The van der Waals surface area contributed by atoms with Crippen LogP contribution in [-0.4, -0.2) is 30.7 Å². The van der Waals surface area contributed by atoms with Crippen LogP contribution >= 0.6 is 23.2 Å². The second kappa shape index (κ2) is 10.3. The van der Waals surface area contributed by atoms with Gasteiger partial charge in [0.25, 0.3) is 0 Å². The predicted molar refractivity (Wildman–Crippen MR) is 111 cm³/mol. The Bertz CT molecular complexity index is 731. The number of hydrogen-bond acceptors (Lipinski definition) is 2. The third-order valence-electron chi connectivity index (χ3n) is 3.71. The fraction of sp³-hybridized carbons (Fsp3) is 0.350. The third kappa shape index (κ3) is 8.09. The second-order valence-electron chi connectivity index (χ2n) is 7.47. The Morgan fingerprint density at radius 2 is 1.41 bits per heavy atom. The molecule has 0 aliphatic rings. The Morgan fingerprint density at radius 3 is 1.78 bits per heavy atom. The van der Waals surface area contributed by atoms with Gasteiger partial charge in [-0.25, -0.2) is 8.78 Å². The summed E-state index contributed by atoms with van der Waals surface area (Å²) in [4.78, 5) is 10.9. The van der Waals surface area contributed by atoms with Gasteiger partial charge < -0.3 is 5.11 Å². The molecule has 148 valence electrons. The first kappa shape index (κ1) is 23.8. The van der Waals surface area contributed by atoms with Crippen molar-refractivity contribution in [2.45, 2.75) is 31.3 Å². The van der Waals surface area contributed by atoms with Crippen LogP contribution in [0.25, 0.3) is 0 Å². The molecular formula is C20H24Cl2F2O2Si. The van der Waals surface area contributed by atoms with E-state index in [-0.39, 0.29) is 29.2 Å². The van der Waals surface area contributed by atoms with Gasteiger partial charge in [-0.3, -0.25) is 4.79 Å². The highest BCUT2D eigenvalue weighted by Crippen LogP contribution is 2.32. The van der Waals surface area contributed by atoms with Gasteiger partial charge in [0, 0.05) is 13.6 Å². The minimum atomic E-state index is -1.44. The summed E-state index contributed by atoms with van der Waals surface area (Å²) in [6.45, 7) is 6.52. The van der Waals surface area contributed by atoms with E-state index in [1.54, 1.807) is 12.1 Å². The van der Waals surface area contributed by atoms with Crippen molar-refractivity contribution in [2.24, 2.45) is 0 Å². The highest BCUT2D eigenvalue weighted by Gasteiger charge is 2.34. The van der Waals surface area contributed by atoms with Crippen LogP contribution in [0.2, 0.25) is 25.7 Å². The summed E-state index contributed by atoms with van der Waals surface area (Å²) in [6, 6.07) is 11.9. The number of halogens is 4. The van der Waals surface area contributed by atoms with Gasteiger partial charge in [-0.1, -0.05) is 31.8 Å². The Kier molecular flexibility index (Phi) is 9.08. The first-order valence-corrected chi connectivity index (χ1v) is 13.2. The smallest absolute Gasteiger partial charge is 0.177 e. The van der Waals surface area contributed by atoms with E-state index in [1.165, 1.54) is 36.4 Å². The van der Waals surface area contributed by atoms with E-state index in [0.717, 1.165) is 0 Å². The SMILES string of the molecule is C[Si](C)(C)CC(O)(CCl)c1ccc(F)cc1.O=C(CCl)c1ccc(F)cc1. The molecule has 2 nitrogen and oxygen atoms in total. The van der Waals surface area contributed by atoms with Crippen LogP contribution in [0.15, 0.2) is 48.5 Å². The molecule has 0 aromatic heterocycles. The van der Waals surface area contributed by atoms with Gasteiger partial charge in [0.2, 0.25) is 0 Å². The van der Waals surface area contributed by atoms with E-state index in [2.05, 4.69) is 19.6 Å². The van der Waals surface area contributed by atoms with Crippen LogP contribution < -0.4 is 0 Å². The molecule has 0 radical (unpaired) electrons. The maximum atomic E-state index is 12.8. The molecule has 1 unspecified atom stereocenters. The van der Waals surface area contributed by atoms with E-state index in [0.29, 0.717) is 17.2 Å². The molecule has 0 aliphatic heterocycles. The van der Waals surface area contributed by atoms with Gasteiger partial charge in [-0.05, 0) is 48.0 Å². The van der Waals surface area contributed by atoms with Crippen LogP contribution in [0.3, 0.4) is 0 Å². The first-order valence-electron chi connectivity index (χ1n) is 8.40. The number of aliphatic hydroxyl groups is 1. The average molecular weight is 433 g/mol. The van der Waals surface area contributed by atoms with Gasteiger partial charge >= 0.3 is 0 Å². The normalized spacial score (nSPS) is 13.3. The quantitative estimate of drug-likeness (QED) is 0.353. The van der Waals surface area contributed by atoms with Gasteiger partial charge in [0.15, 0.2) is 5.78 Å². The molecule has 0 aliphatic carbocycles. The molecule has 0 amide bonds. The third-order valence-corrected chi connectivity index (χ3v) is 6.04. The van der Waals surface area contributed by atoms with Gasteiger partial charge in [0.1, 0.15) is 17.2 Å². The fourth-order valence-corrected chi connectivity index (χ4v) is 5.22. The molecule has 2 aromatic rings. The molecule has 0 fully saturated rings. The van der Waals surface area contributed by atoms with Crippen molar-refractivity contribution in [3.8, 4) is 0 Å². The van der Waals surface area contributed by atoms with Crippen molar-refractivity contribution >= 4 is 37.1 Å². The van der Waals surface area contributed by atoms with E-state index >= 15 is 0 Å². The number of carbonyl (C=O) groups is 1. The lowest BCUT2D eigenvalue weighted by Crippen LogP contribution is -2.37. The minimum absolute atomic E-state index is 0.0639. The Morgan fingerprint density at radius 1 is 0.963 bits per heavy atom. The predicted octanol–water partition coefficient (Wildman–Crippen LogP) is 5.84. The van der Waals surface area contributed by atoms with E-state index < -0.39 is 13.7 Å². The number of hydrogen-bond donors (Lipinski definition) is 1. The molecular weight excluding hydrogens is 409 g/mol. The number of alkyl halides is 2. The number of benzene rings is 2.